The van der Waals surface area contributed by atoms with Crippen LogP contribution >= 0.6 is 0 Å². The lowest BCUT2D eigenvalue weighted by molar-refractivity contribution is -0.126. The maximum Gasteiger partial charge on any atom is 0.248 e. The molecule has 1 unspecified atom stereocenters. The zero-order valence-corrected chi connectivity index (χ0v) is 21.4. The number of likely N-dealkylation sites (tertiary alicyclic amines) is 1. The van der Waals surface area contributed by atoms with Crippen LogP contribution in [-0.2, 0) is 14.8 Å². The zero-order chi connectivity index (χ0) is 25.9. The molecule has 1 atom stereocenters. The van der Waals surface area contributed by atoms with Crippen molar-refractivity contribution >= 4 is 28.1 Å². The third-order valence-corrected chi connectivity index (χ3v) is 9.11. The maximum absolute atomic E-state index is 14.0. The van der Waals surface area contributed by atoms with Gasteiger partial charge in [0.25, 0.3) is 0 Å². The standard InChI is InChI=1S/C25H32F2N4O4S/c1-3-30-12-4-5-21(30)16-28-25(32)19-10-13-31(14-11-19)36(33,34)24-17(2)29-35-23(24)9-7-18-6-8-20(26)15-22(18)27/h6-9,15,19,21H,3-5,10-14,16H2,1-2H3,(H,28,32). The average Bonchev–Trinajstić information content (AvgIpc) is 3.48. The van der Waals surface area contributed by atoms with E-state index in [4.69, 9.17) is 4.52 Å². The number of amides is 1. The van der Waals surface area contributed by atoms with Gasteiger partial charge in [-0.1, -0.05) is 12.1 Å². The number of carbonyl (C=O) groups excluding carboxylic acids is 1. The summed E-state index contributed by atoms with van der Waals surface area (Å²) in [4.78, 5) is 15.0. The highest BCUT2D eigenvalue weighted by molar-refractivity contribution is 7.89. The van der Waals surface area contributed by atoms with Gasteiger partial charge < -0.3 is 9.84 Å². The number of aromatic nitrogens is 1. The van der Waals surface area contributed by atoms with E-state index in [1.807, 2.05) is 0 Å². The summed E-state index contributed by atoms with van der Waals surface area (Å²) in [5, 5.41) is 6.85. The summed E-state index contributed by atoms with van der Waals surface area (Å²) in [7, 11) is -3.95. The lowest BCUT2D eigenvalue weighted by Crippen LogP contribution is -2.46. The van der Waals surface area contributed by atoms with E-state index in [1.165, 1.54) is 29.4 Å². The second-order valence-corrected chi connectivity index (χ2v) is 11.2. The summed E-state index contributed by atoms with van der Waals surface area (Å²) in [5.74, 6) is -1.78. The van der Waals surface area contributed by atoms with E-state index < -0.39 is 21.7 Å². The number of likely N-dealkylation sites (N-methyl/N-ethyl adjacent to an activating group) is 1. The van der Waals surface area contributed by atoms with Crippen LogP contribution in [0.4, 0.5) is 8.78 Å². The largest absolute Gasteiger partial charge is 0.355 e. The molecule has 0 saturated carbocycles. The van der Waals surface area contributed by atoms with Crippen molar-refractivity contribution < 1.29 is 26.5 Å². The smallest absolute Gasteiger partial charge is 0.248 e. The van der Waals surface area contributed by atoms with Crippen molar-refractivity contribution in [1.29, 1.82) is 0 Å². The van der Waals surface area contributed by atoms with E-state index in [9.17, 15) is 22.0 Å². The van der Waals surface area contributed by atoms with Gasteiger partial charge >= 0.3 is 0 Å². The Balaban J connectivity index is 1.39. The predicted molar refractivity (Wildman–Crippen MR) is 131 cm³/mol. The Morgan fingerprint density at radius 1 is 1.19 bits per heavy atom. The third-order valence-electron chi connectivity index (χ3n) is 7.05. The highest BCUT2D eigenvalue weighted by Gasteiger charge is 2.36. The van der Waals surface area contributed by atoms with Gasteiger partial charge in [0.1, 0.15) is 17.3 Å². The molecule has 0 bridgehead atoms. The first-order valence-electron chi connectivity index (χ1n) is 12.3. The molecule has 3 heterocycles. The summed E-state index contributed by atoms with van der Waals surface area (Å²) in [6.07, 6.45) is 5.68. The Morgan fingerprint density at radius 3 is 2.64 bits per heavy atom. The Bertz CT molecular complexity index is 1220. The van der Waals surface area contributed by atoms with Gasteiger partial charge in [-0.05, 0) is 70.0 Å². The number of hydrogen-bond acceptors (Lipinski definition) is 6. The number of rotatable bonds is 8. The van der Waals surface area contributed by atoms with E-state index in [0.29, 0.717) is 25.4 Å². The summed E-state index contributed by atoms with van der Waals surface area (Å²) in [5.41, 5.74) is 0.270. The molecule has 2 saturated heterocycles. The normalized spacial score (nSPS) is 20.4. The molecule has 11 heteroatoms. The topological polar surface area (TPSA) is 95.8 Å². The highest BCUT2D eigenvalue weighted by atomic mass is 32.2. The summed E-state index contributed by atoms with van der Waals surface area (Å²) in [6, 6.07) is 3.48. The van der Waals surface area contributed by atoms with E-state index in [0.717, 1.165) is 38.1 Å². The van der Waals surface area contributed by atoms with Crippen LogP contribution in [0.5, 0.6) is 0 Å². The number of nitrogens with one attached hydrogen (secondary N) is 1. The first-order chi connectivity index (χ1) is 17.2. The van der Waals surface area contributed by atoms with Crippen molar-refractivity contribution in [3.8, 4) is 0 Å². The average molecular weight is 523 g/mol. The van der Waals surface area contributed by atoms with Gasteiger partial charge in [0, 0.05) is 43.2 Å². The fourth-order valence-corrected chi connectivity index (χ4v) is 6.71. The summed E-state index contributed by atoms with van der Waals surface area (Å²) in [6.45, 7) is 6.69. The van der Waals surface area contributed by atoms with Crippen LogP contribution in [0, 0.1) is 24.5 Å². The molecule has 1 aromatic heterocycles. The fraction of sp³-hybridized carbons (Fsp3) is 0.520. The van der Waals surface area contributed by atoms with Crippen LogP contribution in [0.25, 0.3) is 12.2 Å². The van der Waals surface area contributed by atoms with Gasteiger partial charge in [-0.2, -0.15) is 4.31 Å². The fourth-order valence-electron chi connectivity index (χ4n) is 4.99. The number of aryl methyl sites for hydroxylation is 1. The molecule has 8 nitrogen and oxygen atoms in total. The number of sulfonamides is 1. The van der Waals surface area contributed by atoms with Crippen LogP contribution < -0.4 is 5.32 Å². The van der Waals surface area contributed by atoms with Crippen LogP contribution in [0.15, 0.2) is 27.6 Å². The Morgan fingerprint density at radius 2 is 1.94 bits per heavy atom. The van der Waals surface area contributed by atoms with E-state index in [-0.39, 0.29) is 46.8 Å². The van der Waals surface area contributed by atoms with Crippen LogP contribution in [0.1, 0.15) is 49.6 Å². The molecule has 2 aliphatic heterocycles. The Labute approximate surface area is 210 Å². The predicted octanol–water partition coefficient (Wildman–Crippen LogP) is 3.43. The molecule has 196 valence electrons. The molecule has 0 aliphatic carbocycles. The van der Waals surface area contributed by atoms with Gasteiger partial charge in [0.05, 0.1) is 0 Å². The van der Waals surface area contributed by atoms with Crippen LogP contribution in [0.2, 0.25) is 0 Å². The first kappa shape index (κ1) is 26.4. The van der Waals surface area contributed by atoms with E-state index >= 15 is 0 Å². The lowest BCUT2D eigenvalue weighted by Gasteiger charge is -2.31. The molecule has 0 radical (unpaired) electrons. The number of halogens is 2. The molecule has 0 spiro atoms. The number of carbonyl (C=O) groups is 1. The van der Waals surface area contributed by atoms with Crippen molar-refractivity contribution in [3.05, 3.63) is 46.9 Å². The Hall–Kier alpha value is -2.63. The highest BCUT2D eigenvalue weighted by Crippen LogP contribution is 2.29. The van der Waals surface area contributed by atoms with Crippen molar-refractivity contribution in [2.24, 2.45) is 5.92 Å². The minimum absolute atomic E-state index is 0.0268. The molecular weight excluding hydrogens is 490 g/mol. The van der Waals surface area contributed by atoms with Gasteiger partial charge in [-0.25, -0.2) is 17.2 Å². The number of nitrogens with zero attached hydrogens (tertiary/aromatic N) is 3. The number of piperidine rings is 1. The molecule has 36 heavy (non-hydrogen) atoms. The van der Waals surface area contributed by atoms with Crippen molar-refractivity contribution in [2.45, 2.75) is 50.5 Å². The minimum atomic E-state index is -3.95. The monoisotopic (exact) mass is 522 g/mol. The van der Waals surface area contributed by atoms with Crippen molar-refractivity contribution in [3.63, 3.8) is 0 Å². The molecule has 1 N–H and O–H groups in total. The quantitative estimate of drug-likeness (QED) is 0.571. The molecule has 2 fully saturated rings. The Kier molecular flexibility index (Phi) is 8.21. The second-order valence-electron chi connectivity index (χ2n) is 9.31. The molecular formula is C25H32F2N4O4S. The SMILES string of the molecule is CCN1CCCC1CNC(=O)C1CCN(S(=O)(=O)c2c(C)noc2C=Cc2ccc(F)cc2F)CC1. The number of benzene rings is 1. The summed E-state index contributed by atoms with van der Waals surface area (Å²) >= 11 is 0. The van der Waals surface area contributed by atoms with Gasteiger partial charge in [-0.3, -0.25) is 9.69 Å². The van der Waals surface area contributed by atoms with Gasteiger partial charge in [0.2, 0.25) is 15.9 Å². The van der Waals surface area contributed by atoms with E-state index in [1.54, 1.807) is 0 Å². The number of hydrogen-bond donors (Lipinski definition) is 1. The maximum atomic E-state index is 14.0. The van der Waals surface area contributed by atoms with Crippen LogP contribution in [0.3, 0.4) is 0 Å². The van der Waals surface area contributed by atoms with Crippen molar-refractivity contribution in [2.75, 3.05) is 32.7 Å². The lowest BCUT2D eigenvalue weighted by atomic mass is 9.97. The van der Waals surface area contributed by atoms with Crippen LogP contribution in [-0.4, -0.2) is 67.5 Å². The second kappa shape index (κ2) is 11.2. The molecule has 4 rings (SSSR count). The first-order valence-corrected chi connectivity index (χ1v) is 13.8. The summed E-state index contributed by atoms with van der Waals surface area (Å²) < 4.78 is 60.5. The molecule has 1 aromatic carbocycles. The molecule has 1 amide bonds. The van der Waals surface area contributed by atoms with Gasteiger partial charge in [0.15, 0.2) is 10.7 Å². The van der Waals surface area contributed by atoms with Gasteiger partial charge in [-0.15, -0.1) is 0 Å². The zero-order valence-electron chi connectivity index (χ0n) is 20.5. The van der Waals surface area contributed by atoms with E-state index in [2.05, 4.69) is 22.3 Å². The van der Waals surface area contributed by atoms with Crippen molar-refractivity contribution in [1.82, 2.24) is 19.7 Å². The third kappa shape index (κ3) is 5.68. The minimum Gasteiger partial charge on any atom is -0.355 e. The molecule has 2 aromatic rings. The molecule has 2 aliphatic rings.